The number of halogens is 1. The van der Waals surface area contributed by atoms with Crippen LogP contribution in [0.3, 0.4) is 0 Å². The van der Waals surface area contributed by atoms with Crippen molar-refractivity contribution in [2.24, 2.45) is 0 Å². The molecule has 0 atom stereocenters. The van der Waals surface area contributed by atoms with E-state index in [0.717, 1.165) is 6.42 Å². The molecular formula is C22H21FN2O2. The number of amides is 2. The van der Waals surface area contributed by atoms with Gasteiger partial charge in [0, 0.05) is 19.6 Å². The number of carbonyl (C=O) groups excluding carboxylic acids is 2. The van der Waals surface area contributed by atoms with Crippen LogP contribution in [0.2, 0.25) is 0 Å². The molecule has 0 unspecified atom stereocenters. The molecule has 138 valence electrons. The third-order valence-corrected chi connectivity index (χ3v) is 5.17. The molecule has 0 saturated carbocycles. The van der Waals surface area contributed by atoms with E-state index in [-0.39, 0.29) is 17.6 Å². The van der Waals surface area contributed by atoms with Crippen molar-refractivity contribution >= 4 is 17.4 Å². The number of fused-ring (bicyclic) bond motifs is 1. The van der Waals surface area contributed by atoms with Crippen molar-refractivity contribution in [2.45, 2.75) is 26.3 Å². The Morgan fingerprint density at radius 1 is 0.963 bits per heavy atom. The number of hydrogen-bond acceptors (Lipinski definition) is 3. The average Bonchev–Trinajstić information content (AvgIpc) is 2.93. The second-order valence-electron chi connectivity index (χ2n) is 6.93. The van der Waals surface area contributed by atoms with Crippen LogP contribution in [-0.4, -0.2) is 34.7 Å². The Bertz CT molecular complexity index is 934. The van der Waals surface area contributed by atoms with Gasteiger partial charge in [0.25, 0.3) is 11.8 Å². The molecule has 0 bridgehead atoms. The molecule has 2 aromatic rings. The molecule has 0 radical (unpaired) electrons. The van der Waals surface area contributed by atoms with Crippen LogP contribution in [0, 0.1) is 5.82 Å². The van der Waals surface area contributed by atoms with Gasteiger partial charge in [0.2, 0.25) is 0 Å². The quantitative estimate of drug-likeness (QED) is 0.781. The minimum Gasteiger partial charge on any atom is -0.362 e. The zero-order chi connectivity index (χ0) is 19.0. The van der Waals surface area contributed by atoms with Crippen LogP contribution < -0.4 is 0 Å². The van der Waals surface area contributed by atoms with E-state index in [1.54, 1.807) is 12.1 Å². The van der Waals surface area contributed by atoms with Gasteiger partial charge in [-0.25, -0.2) is 4.39 Å². The first-order valence-electron chi connectivity index (χ1n) is 9.28. The summed E-state index contributed by atoms with van der Waals surface area (Å²) in [7, 11) is 0. The molecule has 2 amide bonds. The molecule has 2 aliphatic rings. The van der Waals surface area contributed by atoms with Crippen molar-refractivity contribution < 1.29 is 14.0 Å². The van der Waals surface area contributed by atoms with Crippen LogP contribution in [0.1, 0.15) is 30.0 Å². The van der Waals surface area contributed by atoms with Crippen LogP contribution in [0.15, 0.2) is 54.2 Å². The zero-order valence-corrected chi connectivity index (χ0v) is 15.2. The van der Waals surface area contributed by atoms with E-state index < -0.39 is 0 Å². The summed E-state index contributed by atoms with van der Waals surface area (Å²) >= 11 is 0. The number of carbonyl (C=O) groups is 2. The Hall–Kier alpha value is -2.95. The molecule has 2 aromatic carbocycles. The summed E-state index contributed by atoms with van der Waals surface area (Å²) in [4.78, 5) is 29.4. The van der Waals surface area contributed by atoms with Gasteiger partial charge >= 0.3 is 0 Å². The Kier molecular flexibility index (Phi) is 4.52. The molecule has 4 rings (SSSR count). The number of hydrogen-bond donors (Lipinski definition) is 0. The van der Waals surface area contributed by atoms with Gasteiger partial charge < -0.3 is 4.90 Å². The van der Waals surface area contributed by atoms with E-state index in [1.165, 1.54) is 28.2 Å². The molecule has 4 nitrogen and oxygen atoms in total. The SMILES string of the molecule is CCCN1C(=O)C(c2ccc(F)cc2)=C(N2CCc3ccccc3C2)C1=O. The highest BCUT2D eigenvalue weighted by Crippen LogP contribution is 2.34. The summed E-state index contributed by atoms with van der Waals surface area (Å²) < 4.78 is 13.4. The number of benzene rings is 2. The lowest BCUT2D eigenvalue weighted by Gasteiger charge is -2.31. The maximum atomic E-state index is 13.4. The zero-order valence-electron chi connectivity index (χ0n) is 15.2. The first kappa shape index (κ1) is 17.5. The van der Waals surface area contributed by atoms with Gasteiger partial charge in [-0.3, -0.25) is 14.5 Å². The maximum absolute atomic E-state index is 13.4. The second kappa shape index (κ2) is 6.99. The summed E-state index contributed by atoms with van der Waals surface area (Å²) in [6, 6.07) is 14.0. The van der Waals surface area contributed by atoms with Crippen molar-refractivity contribution in [3.63, 3.8) is 0 Å². The Balaban J connectivity index is 1.79. The topological polar surface area (TPSA) is 40.6 Å². The smallest absolute Gasteiger partial charge is 0.277 e. The van der Waals surface area contributed by atoms with E-state index in [4.69, 9.17) is 0 Å². The summed E-state index contributed by atoms with van der Waals surface area (Å²) in [5, 5.41) is 0. The van der Waals surface area contributed by atoms with E-state index in [0.29, 0.717) is 42.9 Å². The predicted octanol–water partition coefficient (Wildman–Crippen LogP) is 3.37. The summed E-state index contributed by atoms with van der Waals surface area (Å²) in [6.07, 6.45) is 1.52. The van der Waals surface area contributed by atoms with Gasteiger partial charge in [-0.2, -0.15) is 0 Å². The summed E-state index contributed by atoms with van der Waals surface area (Å²) in [5.74, 6) is -0.905. The monoisotopic (exact) mass is 364 g/mol. The maximum Gasteiger partial charge on any atom is 0.277 e. The van der Waals surface area contributed by atoms with Gasteiger partial charge in [0.15, 0.2) is 0 Å². The largest absolute Gasteiger partial charge is 0.362 e. The molecule has 0 aromatic heterocycles. The number of nitrogens with zero attached hydrogens (tertiary/aromatic N) is 2. The molecule has 27 heavy (non-hydrogen) atoms. The molecule has 2 heterocycles. The second-order valence-corrected chi connectivity index (χ2v) is 6.93. The summed E-state index contributed by atoms with van der Waals surface area (Å²) in [6.45, 7) is 3.59. The third-order valence-electron chi connectivity index (χ3n) is 5.17. The fraction of sp³-hybridized carbons (Fsp3) is 0.273. The Morgan fingerprint density at radius 3 is 2.37 bits per heavy atom. The van der Waals surface area contributed by atoms with Gasteiger partial charge in [-0.05, 0) is 41.7 Å². The summed E-state index contributed by atoms with van der Waals surface area (Å²) in [5.41, 5.74) is 3.85. The van der Waals surface area contributed by atoms with Gasteiger partial charge in [-0.15, -0.1) is 0 Å². The molecule has 0 N–H and O–H groups in total. The van der Waals surface area contributed by atoms with Crippen LogP contribution in [0.4, 0.5) is 4.39 Å². The number of imide groups is 1. The fourth-order valence-corrected chi connectivity index (χ4v) is 3.85. The fourth-order valence-electron chi connectivity index (χ4n) is 3.85. The molecular weight excluding hydrogens is 343 g/mol. The first-order valence-corrected chi connectivity index (χ1v) is 9.28. The molecule has 2 aliphatic heterocycles. The third kappa shape index (κ3) is 3.03. The molecule has 0 saturated heterocycles. The standard InChI is InChI=1S/C22H21FN2O2/c1-2-12-25-21(26)19(16-7-9-18(23)10-8-16)20(22(25)27)24-13-11-15-5-3-4-6-17(15)14-24/h3-10H,2,11-14H2,1H3. The molecule has 0 spiro atoms. The molecule has 0 fully saturated rings. The van der Waals surface area contributed by atoms with Gasteiger partial charge in [0.05, 0.1) is 5.57 Å². The highest BCUT2D eigenvalue weighted by atomic mass is 19.1. The van der Waals surface area contributed by atoms with E-state index in [2.05, 4.69) is 12.1 Å². The van der Waals surface area contributed by atoms with Crippen molar-refractivity contribution in [2.75, 3.05) is 13.1 Å². The lowest BCUT2D eigenvalue weighted by Crippen LogP contribution is -2.37. The van der Waals surface area contributed by atoms with Crippen molar-refractivity contribution in [1.29, 1.82) is 0 Å². The van der Waals surface area contributed by atoms with E-state index >= 15 is 0 Å². The normalized spacial score (nSPS) is 17.0. The van der Waals surface area contributed by atoms with Crippen molar-refractivity contribution in [3.05, 3.63) is 76.7 Å². The highest BCUT2D eigenvalue weighted by molar-refractivity contribution is 6.35. The van der Waals surface area contributed by atoms with E-state index in [9.17, 15) is 14.0 Å². The van der Waals surface area contributed by atoms with Crippen LogP contribution in [0.25, 0.3) is 5.57 Å². The lowest BCUT2D eigenvalue weighted by atomic mass is 9.98. The van der Waals surface area contributed by atoms with Crippen LogP contribution >= 0.6 is 0 Å². The minimum absolute atomic E-state index is 0.249. The van der Waals surface area contributed by atoms with E-state index in [1.807, 2.05) is 24.0 Å². The Labute approximate surface area is 157 Å². The first-order chi connectivity index (χ1) is 13.1. The molecule has 0 aliphatic carbocycles. The van der Waals surface area contributed by atoms with Crippen LogP contribution in [0.5, 0.6) is 0 Å². The highest BCUT2D eigenvalue weighted by Gasteiger charge is 2.41. The lowest BCUT2D eigenvalue weighted by molar-refractivity contribution is -0.137. The van der Waals surface area contributed by atoms with Gasteiger partial charge in [0.1, 0.15) is 11.5 Å². The van der Waals surface area contributed by atoms with Crippen LogP contribution in [-0.2, 0) is 22.6 Å². The predicted molar refractivity (Wildman–Crippen MR) is 101 cm³/mol. The minimum atomic E-state index is -0.366. The molecule has 5 heteroatoms. The average molecular weight is 364 g/mol. The Morgan fingerprint density at radius 2 is 1.67 bits per heavy atom. The number of rotatable bonds is 4. The van der Waals surface area contributed by atoms with Gasteiger partial charge in [-0.1, -0.05) is 43.3 Å². The van der Waals surface area contributed by atoms with Crippen molar-refractivity contribution in [1.82, 2.24) is 9.80 Å². The van der Waals surface area contributed by atoms with Crippen molar-refractivity contribution in [3.8, 4) is 0 Å².